The number of hydrogen-bond acceptors (Lipinski definition) is 4. The van der Waals surface area contributed by atoms with Crippen LogP contribution in [0.1, 0.15) is 23.4 Å². The van der Waals surface area contributed by atoms with E-state index in [4.69, 9.17) is 0 Å². The molecule has 1 N–H and O–H groups in total. The topological polar surface area (TPSA) is 48.5 Å². The van der Waals surface area contributed by atoms with Crippen LogP contribution in [0.4, 0.5) is 10.6 Å². The maximum atomic E-state index is 12.3. The van der Waals surface area contributed by atoms with E-state index in [2.05, 4.69) is 10.3 Å². The zero-order valence-corrected chi connectivity index (χ0v) is 14.2. The first kappa shape index (κ1) is 16.3. The first-order valence-corrected chi connectivity index (χ1v) is 8.04. The fourth-order valence-corrected chi connectivity index (χ4v) is 2.99. The number of carbonyl (C=O) groups excluding carboxylic acids is 1. The molecule has 2 amide bonds. The average molecular weight is 318 g/mol. The number of carbonyl (C=O) groups is 1. The number of urea groups is 1. The van der Waals surface area contributed by atoms with Crippen LogP contribution in [-0.2, 0) is 6.54 Å². The quantitative estimate of drug-likeness (QED) is 0.921. The summed E-state index contributed by atoms with van der Waals surface area (Å²) in [4.78, 5) is 21.5. The molecule has 1 atom stereocenters. The summed E-state index contributed by atoms with van der Waals surface area (Å²) in [6.07, 6.45) is 1.76. The van der Waals surface area contributed by atoms with Gasteiger partial charge in [-0.3, -0.25) is 0 Å². The van der Waals surface area contributed by atoms with Crippen molar-refractivity contribution in [2.45, 2.75) is 19.5 Å². The van der Waals surface area contributed by atoms with E-state index < -0.39 is 0 Å². The van der Waals surface area contributed by atoms with Gasteiger partial charge in [0.25, 0.3) is 0 Å². The second kappa shape index (κ2) is 7.26. The fraction of sp³-hybridized carbons (Fsp3) is 0.375. The summed E-state index contributed by atoms with van der Waals surface area (Å²) < 4.78 is 0. The van der Waals surface area contributed by atoms with Crippen molar-refractivity contribution in [1.29, 1.82) is 0 Å². The summed E-state index contributed by atoms with van der Waals surface area (Å²) in [7, 11) is 5.70. The molecule has 0 aliphatic carbocycles. The van der Waals surface area contributed by atoms with Crippen LogP contribution in [0.2, 0.25) is 0 Å². The molecule has 5 nitrogen and oxygen atoms in total. The van der Waals surface area contributed by atoms with Gasteiger partial charge in [-0.25, -0.2) is 9.78 Å². The summed E-state index contributed by atoms with van der Waals surface area (Å²) in [6.45, 7) is 2.49. The van der Waals surface area contributed by atoms with Crippen molar-refractivity contribution in [2.75, 3.05) is 26.0 Å². The van der Waals surface area contributed by atoms with E-state index in [0.29, 0.717) is 6.54 Å². The van der Waals surface area contributed by atoms with Crippen LogP contribution in [0.25, 0.3) is 0 Å². The van der Waals surface area contributed by atoms with Gasteiger partial charge in [0.05, 0.1) is 6.04 Å². The summed E-state index contributed by atoms with van der Waals surface area (Å²) in [6, 6.07) is 7.88. The number of nitrogens with zero attached hydrogens (tertiary/aromatic N) is 3. The molecule has 6 heteroatoms. The van der Waals surface area contributed by atoms with Gasteiger partial charge in [-0.1, -0.05) is 12.1 Å². The zero-order chi connectivity index (χ0) is 16.1. The third kappa shape index (κ3) is 3.76. The smallest absolute Gasteiger partial charge is 0.317 e. The van der Waals surface area contributed by atoms with Gasteiger partial charge in [0.2, 0.25) is 0 Å². The summed E-state index contributed by atoms with van der Waals surface area (Å²) in [5, 5.41) is 4.99. The van der Waals surface area contributed by atoms with E-state index in [9.17, 15) is 4.79 Å². The van der Waals surface area contributed by atoms with Crippen molar-refractivity contribution >= 4 is 23.2 Å². The number of thiophene rings is 1. The molecule has 0 spiro atoms. The number of amides is 2. The van der Waals surface area contributed by atoms with E-state index in [1.165, 1.54) is 4.88 Å². The molecule has 2 heterocycles. The van der Waals surface area contributed by atoms with E-state index in [1.807, 2.05) is 62.6 Å². The number of nitrogens with one attached hydrogen (secondary N) is 1. The van der Waals surface area contributed by atoms with Crippen molar-refractivity contribution < 1.29 is 4.79 Å². The van der Waals surface area contributed by atoms with E-state index in [-0.39, 0.29) is 12.1 Å². The van der Waals surface area contributed by atoms with Crippen LogP contribution in [0.3, 0.4) is 0 Å². The number of hydrogen-bond donors (Lipinski definition) is 1. The molecule has 2 rings (SSSR count). The summed E-state index contributed by atoms with van der Waals surface area (Å²) >= 11 is 1.66. The van der Waals surface area contributed by atoms with Crippen molar-refractivity contribution in [3.63, 3.8) is 0 Å². The van der Waals surface area contributed by atoms with Crippen LogP contribution in [0.5, 0.6) is 0 Å². The average Bonchev–Trinajstić information content (AvgIpc) is 3.05. The lowest BCUT2D eigenvalue weighted by Crippen LogP contribution is -2.38. The van der Waals surface area contributed by atoms with Crippen molar-refractivity contribution in [1.82, 2.24) is 15.2 Å². The number of rotatable bonds is 5. The lowest BCUT2D eigenvalue weighted by atomic mass is 10.2. The first-order chi connectivity index (χ1) is 10.5. The molecular weight excluding hydrogens is 296 g/mol. The highest BCUT2D eigenvalue weighted by atomic mass is 32.1. The number of pyridine rings is 1. The van der Waals surface area contributed by atoms with Crippen LogP contribution >= 0.6 is 11.3 Å². The Morgan fingerprint density at radius 1 is 1.32 bits per heavy atom. The maximum Gasteiger partial charge on any atom is 0.317 e. The van der Waals surface area contributed by atoms with Crippen LogP contribution < -0.4 is 10.2 Å². The SMILES string of the molecule is C[C@H](c1cccs1)N(C)C(=O)NCc1cccnc1N(C)C. The van der Waals surface area contributed by atoms with Crippen LogP contribution in [0.15, 0.2) is 35.8 Å². The Bertz CT molecular complexity index is 612. The van der Waals surface area contributed by atoms with Gasteiger partial charge in [0, 0.05) is 44.3 Å². The molecule has 0 radical (unpaired) electrons. The maximum absolute atomic E-state index is 12.3. The Balaban J connectivity index is 1.98. The third-order valence-corrected chi connectivity index (χ3v) is 4.62. The molecule has 0 aromatic carbocycles. The van der Waals surface area contributed by atoms with Crippen molar-refractivity contribution in [3.8, 4) is 0 Å². The van der Waals surface area contributed by atoms with E-state index in [0.717, 1.165) is 11.4 Å². The molecule has 0 fully saturated rings. The molecule has 0 saturated carbocycles. The lowest BCUT2D eigenvalue weighted by Gasteiger charge is -2.25. The zero-order valence-electron chi connectivity index (χ0n) is 13.4. The Morgan fingerprint density at radius 2 is 2.09 bits per heavy atom. The second-order valence-electron chi connectivity index (χ2n) is 5.34. The predicted octanol–water partition coefficient (Wildman–Crippen LogP) is 3.11. The molecule has 2 aromatic heterocycles. The highest BCUT2D eigenvalue weighted by molar-refractivity contribution is 7.10. The second-order valence-corrected chi connectivity index (χ2v) is 6.32. The van der Waals surface area contributed by atoms with E-state index >= 15 is 0 Å². The Hall–Kier alpha value is -2.08. The van der Waals surface area contributed by atoms with Gasteiger partial charge in [-0.05, 0) is 24.4 Å². The van der Waals surface area contributed by atoms with Gasteiger partial charge < -0.3 is 15.1 Å². The minimum absolute atomic E-state index is 0.0576. The third-order valence-electron chi connectivity index (χ3n) is 3.58. The highest BCUT2D eigenvalue weighted by Crippen LogP contribution is 2.23. The largest absolute Gasteiger partial charge is 0.362 e. The Morgan fingerprint density at radius 3 is 2.73 bits per heavy atom. The van der Waals surface area contributed by atoms with Gasteiger partial charge in [-0.15, -0.1) is 11.3 Å². The molecule has 0 aliphatic rings. The molecule has 2 aromatic rings. The molecule has 0 aliphatic heterocycles. The van der Waals surface area contributed by atoms with Gasteiger partial charge in [0.15, 0.2) is 0 Å². The van der Waals surface area contributed by atoms with Crippen molar-refractivity contribution in [2.24, 2.45) is 0 Å². The Kier molecular flexibility index (Phi) is 5.38. The molecule has 118 valence electrons. The minimum atomic E-state index is -0.0885. The lowest BCUT2D eigenvalue weighted by molar-refractivity contribution is 0.195. The fourth-order valence-electron chi connectivity index (χ4n) is 2.16. The molecule has 0 bridgehead atoms. The van der Waals surface area contributed by atoms with Crippen LogP contribution in [0, 0.1) is 0 Å². The van der Waals surface area contributed by atoms with Gasteiger partial charge >= 0.3 is 6.03 Å². The minimum Gasteiger partial charge on any atom is -0.362 e. The Labute approximate surface area is 135 Å². The molecule has 0 saturated heterocycles. The standard InChI is InChI=1S/C16H22N4OS/c1-12(14-8-6-10-22-14)20(4)16(21)18-11-13-7-5-9-17-15(13)19(2)3/h5-10,12H,11H2,1-4H3,(H,18,21)/t12-/m1/s1. The van der Waals surface area contributed by atoms with Crippen molar-refractivity contribution in [3.05, 3.63) is 46.3 Å². The molecule has 22 heavy (non-hydrogen) atoms. The molecular formula is C16H22N4OS. The number of aromatic nitrogens is 1. The highest BCUT2D eigenvalue weighted by Gasteiger charge is 2.18. The number of anilines is 1. The van der Waals surface area contributed by atoms with E-state index in [1.54, 1.807) is 22.4 Å². The van der Waals surface area contributed by atoms with Gasteiger partial charge in [-0.2, -0.15) is 0 Å². The monoisotopic (exact) mass is 318 g/mol. The normalized spacial score (nSPS) is 11.8. The summed E-state index contributed by atoms with van der Waals surface area (Å²) in [5.74, 6) is 0.872. The first-order valence-electron chi connectivity index (χ1n) is 7.16. The van der Waals surface area contributed by atoms with Crippen LogP contribution in [-0.4, -0.2) is 37.1 Å². The predicted molar refractivity (Wildman–Crippen MR) is 91.3 cm³/mol. The molecule has 0 unspecified atom stereocenters. The summed E-state index contributed by atoms with van der Waals surface area (Å²) in [5.41, 5.74) is 0.998. The van der Waals surface area contributed by atoms with Gasteiger partial charge in [0.1, 0.15) is 5.82 Å².